The van der Waals surface area contributed by atoms with Crippen molar-refractivity contribution in [3.63, 3.8) is 0 Å². The molecule has 1 aliphatic rings. The highest BCUT2D eigenvalue weighted by Crippen LogP contribution is 2.32. The summed E-state index contributed by atoms with van der Waals surface area (Å²) in [5.41, 5.74) is 6.35. The van der Waals surface area contributed by atoms with Crippen molar-refractivity contribution >= 4 is 46.6 Å². The van der Waals surface area contributed by atoms with Crippen molar-refractivity contribution < 1.29 is 14.3 Å². The van der Waals surface area contributed by atoms with Crippen LogP contribution in [0, 0.1) is 13.8 Å². The molecule has 5 aromatic rings. The molecule has 234 valence electrons. The van der Waals surface area contributed by atoms with Gasteiger partial charge in [0.25, 0.3) is 5.56 Å². The van der Waals surface area contributed by atoms with Crippen molar-refractivity contribution in [2.45, 2.75) is 39.8 Å². The van der Waals surface area contributed by atoms with E-state index >= 15 is 0 Å². The van der Waals surface area contributed by atoms with Crippen LogP contribution in [0.2, 0.25) is 10.0 Å². The standard InChI is InChI=1S/C36H31Cl2N3O4S/c1-5-30-32(35(43)44-4)33(23-9-7-6-8-10-23)41-34(42)31(46-36(41)39-30)18-25-17-21(2)40(22(25)3)27-13-15-28(16-14-27)45-20-24-11-12-26(37)19-29(24)38/h6-19,33H,5,20H2,1-4H3/b31-18+/t33-/m0/s1. The van der Waals surface area contributed by atoms with Gasteiger partial charge in [-0.1, -0.05) is 77.9 Å². The topological polar surface area (TPSA) is 74.8 Å². The Labute approximate surface area is 280 Å². The number of aryl methyl sites for hydroxylation is 1. The summed E-state index contributed by atoms with van der Waals surface area (Å²) in [5.74, 6) is 0.224. The number of benzene rings is 3. The Kier molecular flexibility index (Phi) is 9.04. The number of esters is 1. The molecule has 0 radical (unpaired) electrons. The lowest BCUT2D eigenvalue weighted by Gasteiger charge is -2.25. The molecule has 0 bridgehead atoms. The van der Waals surface area contributed by atoms with Gasteiger partial charge in [0.05, 0.1) is 29.0 Å². The molecule has 1 aliphatic heterocycles. The average Bonchev–Trinajstić information content (AvgIpc) is 3.53. The van der Waals surface area contributed by atoms with Gasteiger partial charge in [-0.15, -0.1) is 0 Å². The normalized spacial score (nSPS) is 14.7. The van der Waals surface area contributed by atoms with Gasteiger partial charge in [-0.25, -0.2) is 9.79 Å². The van der Waals surface area contributed by atoms with Gasteiger partial charge in [0.1, 0.15) is 12.4 Å². The largest absolute Gasteiger partial charge is 0.489 e. The minimum Gasteiger partial charge on any atom is -0.489 e. The van der Waals surface area contributed by atoms with Crippen LogP contribution in [0.25, 0.3) is 11.8 Å². The Balaban J connectivity index is 1.35. The molecule has 0 N–H and O–H groups in total. The van der Waals surface area contributed by atoms with E-state index in [1.165, 1.54) is 18.4 Å². The predicted molar refractivity (Wildman–Crippen MR) is 183 cm³/mol. The molecule has 0 amide bonds. The smallest absolute Gasteiger partial charge is 0.338 e. The summed E-state index contributed by atoms with van der Waals surface area (Å²) in [7, 11) is 1.35. The SMILES string of the molecule is CCC1=C(C(=O)OC)[C@H](c2ccccc2)n2c(s/c(=C/c3cc(C)n(-c4ccc(OCc5ccc(Cl)cc5Cl)cc4)c3C)c2=O)=N1. The number of aromatic nitrogens is 2. The Morgan fingerprint density at radius 1 is 1.02 bits per heavy atom. The van der Waals surface area contributed by atoms with Gasteiger partial charge in [0.2, 0.25) is 0 Å². The van der Waals surface area contributed by atoms with Gasteiger partial charge in [0, 0.05) is 32.7 Å². The summed E-state index contributed by atoms with van der Waals surface area (Å²) >= 11 is 13.6. The number of ether oxygens (including phenoxy) is 2. The zero-order valence-corrected chi connectivity index (χ0v) is 28.0. The van der Waals surface area contributed by atoms with Crippen molar-refractivity contribution in [1.29, 1.82) is 0 Å². The highest BCUT2D eigenvalue weighted by molar-refractivity contribution is 7.07. The van der Waals surface area contributed by atoms with Crippen LogP contribution in [0.3, 0.4) is 0 Å². The fraction of sp³-hybridized carbons (Fsp3) is 0.194. The number of carbonyl (C=O) groups is 1. The molecular formula is C36H31Cl2N3O4S. The van der Waals surface area contributed by atoms with E-state index in [9.17, 15) is 9.59 Å². The van der Waals surface area contributed by atoms with E-state index < -0.39 is 12.0 Å². The lowest BCUT2D eigenvalue weighted by Crippen LogP contribution is -2.40. The van der Waals surface area contributed by atoms with Crippen molar-refractivity contribution in [1.82, 2.24) is 9.13 Å². The van der Waals surface area contributed by atoms with E-state index in [1.807, 2.05) is 87.5 Å². The molecule has 2 aromatic heterocycles. The second kappa shape index (κ2) is 13.2. The van der Waals surface area contributed by atoms with E-state index in [2.05, 4.69) is 10.6 Å². The molecule has 46 heavy (non-hydrogen) atoms. The molecule has 7 nitrogen and oxygen atoms in total. The third-order valence-electron chi connectivity index (χ3n) is 8.03. The second-order valence-electron chi connectivity index (χ2n) is 10.9. The number of hydrogen-bond acceptors (Lipinski definition) is 6. The van der Waals surface area contributed by atoms with Crippen molar-refractivity contribution in [2.75, 3.05) is 7.11 Å². The number of halogens is 2. The summed E-state index contributed by atoms with van der Waals surface area (Å²) in [4.78, 5) is 32.4. The zero-order valence-electron chi connectivity index (χ0n) is 25.7. The van der Waals surface area contributed by atoms with Crippen LogP contribution in [0.5, 0.6) is 5.75 Å². The molecule has 0 aliphatic carbocycles. The molecule has 6 rings (SSSR count). The van der Waals surface area contributed by atoms with E-state index in [4.69, 9.17) is 37.7 Å². The summed E-state index contributed by atoms with van der Waals surface area (Å²) in [6.45, 7) is 6.33. The van der Waals surface area contributed by atoms with Crippen LogP contribution in [0.4, 0.5) is 0 Å². The van der Waals surface area contributed by atoms with Crippen LogP contribution < -0.4 is 19.6 Å². The number of methoxy groups -OCH3 is 1. The first-order valence-electron chi connectivity index (χ1n) is 14.7. The highest BCUT2D eigenvalue weighted by atomic mass is 35.5. The Hall–Kier alpha value is -4.37. The predicted octanol–water partition coefficient (Wildman–Crippen LogP) is 7.09. The number of hydrogen-bond donors (Lipinski definition) is 0. The van der Waals surface area contributed by atoms with Gasteiger partial charge < -0.3 is 14.0 Å². The van der Waals surface area contributed by atoms with Crippen molar-refractivity contribution in [3.05, 3.63) is 148 Å². The summed E-state index contributed by atoms with van der Waals surface area (Å²) < 4.78 is 15.4. The molecule has 10 heteroatoms. The highest BCUT2D eigenvalue weighted by Gasteiger charge is 2.33. The molecule has 0 saturated carbocycles. The molecule has 1 atom stereocenters. The van der Waals surface area contributed by atoms with E-state index in [1.54, 1.807) is 16.7 Å². The number of thiazole rings is 1. The molecule has 0 unspecified atom stereocenters. The third kappa shape index (κ3) is 5.96. The molecule has 0 saturated heterocycles. The zero-order chi connectivity index (χ0) is 32.5. The van der Waals surface area contributed by atoms with Gasteiger partial charge in [0.15, 0.2) is 4.80 Å². The van der Waals surface area contributed by atoms with Crippen LogP contribution in [-0.4, -0.2) is 22.2 Å². The maximum absolute atomic E-state index is 14.0. The lowest BCUT2D eigenvalue weighted by atomic mass is 9.95. The van der Waals surface area contributed by atoms with Gasteiger partial charge in [-0.2, -0.15) is 0 Å². The first-order valence-corrected chi connectivity index (χ1v) is 16.3. The molecule has 3 aromatic carbocycles. The second-order valence-corrected chi connectivity index (χ2v) is 12.7. The Bertz CT molecular complexity index is 2160. The number of allylic oxidation sites excluding steroid dienone is 1. The first kappa shape index (κ1) is 31.6. The van der Waals surface area contributed by atoms with E-state index in [0.717, 1.165) is 33.8 Å². The summed E-state index contributed by atoms with van der Waals surface area (Å²) in [5, 5.41) is 1.14. The maximum Gasteiger partial charge on any atom is 0.338 e. The number of rotatable bonds is 8. The third-order valence-corrected chi connectivity index (χ3v) is 9.60. The van der Waals surface area contributed by atoms with Crippen LogP contribution in [0.15, 0.2) is 99.9 Å². The van der Waals surface area contributed by atoms with Crippen LogP contribution >= 0.6 is 34.5 Å². The number of carbonyl (C=O) groups excluding carboxylic acids is 1. The molecular weight excluding hydrogens is 641 g/mol. The minimum absolute atomic E-state index is 0.207. The Morgan fingerprint density at radius 2 is 1.76 bits per heavy atom. The maximum atomic E-state index is 14.0. The molecule has 0 spiro atoms. The van der Waals surface area contributed by atoms with Crippen molar-refractivity contribution in [3.8, 4) is 11.4 Å². The minimum atomic E-state index is -0.633. The number of fused-ring (bicyclic) bond motifs is 1. The van der Waals surface area contributed by atoms with Gasteiger partial charge >= 0.3 is 5.97 Å². The Morgan fingerprint density at radius 3 is 2.43 bits per heavy atom. The lowest BCUT2D eigenvalue weighted by molar-refractivity contribution is -0.136. The van der Waals surface area contributed by atoms with E-state index in [-0.39, 0.29) is 5.56 Å². The van der Waals surface area contributed by atoms with E-state index in [0.29, 0.717) is 49.4 Å². The fourth-order valence-corrected chi connectivity index (χ4v) is 7.25. The molecule has 3 heterocycles. The summed E-state index contributed by atoms with van der Waals surface area (Å²) in [6, 6.07) is 24.1. The summed E-state index contributed by atoms with van der Waals surface area (Å²) in [6.07, 6.45) is 2.43. The van der Waals surface area contributed by atoms with Gasteiger partial charge in [-0.05, 0) is 79.9 Å². The fourth-order valence-electron chi connectivity index (χ4n) is 5.78. The van der Waals surface area contributed by atoms with Crippen molar-refractivity contribution in [2.24, 2.45) is 4.99 Å². The number of nitrogens with zero attached hydrogens (tertiary/aromatic N) is 3. The quantitative estimate of drug-likeness (QED) is 0.165. The first-order chi connectivity index (χ1) is 22.2. The monoisotopic (exact) mass is 671 g/mol. The van der Waals surface area contributed by atoms with Crippen LogP contribution in [-0.2, 0) is 16.1 Å². The van der Waals surface area contributed by atoms with Crippen LogP contribution in [0.1, 0.15) is 47.5 Å². The average molecular weight is 673 g/mol. The van der Waals surface area contributed by atoms with Gasteiger partial charge in [-0.3, -0.25) is 9.36 Å². The molecule has 0 fully saturated rings.